The number of aryl methyl sites for hydroxylation is 1. The predicted octanol–water partition coefficient (Wildman–Crippen LogP) is 3.13. The summed E-state index contributed by atoms with van der Waals surface area (Å²) in [6.07, 6.45) is 0.622. The number of aliphatic carboxylic acids is 1. The zero-order chi connectivity index (χ0) is 17.1. The number of carbonyl (C=O) groups excluding carboxylic acids is 1. The summed E-state index contributed by atoms with van der Waals surface area (Å²) in [6.45, 7) is 5.90. The molecule has 1 saturated heterocycles. The second-order valence-corrected chi connectivity index (χ2v) is 6.44. The molecular weight excluding hydrogens is 318 g/mol. The Kier molecular flexibility index (Phi) is 5.52. The Morgan fingerprint density at radius 3 is 2.74 bits per heavy atom. The molecule has 0 spiro atoms. The second kappa shape index (κ2) is 7.21. The van der Waals surface area contributed by atoms with Crippen LogP contribution in [0.1, 0.15) is 32.3 Å². The quantitative estimate of drug-likeness (QED) is 0.915. The van der Waals surface area contributed by atoms with E-state index in [0.29, 0.717) is 30.2 Å². The fourth-order valence-corrected chi connectivity index (χ4v) is 3.08. The van der Waals surface area contributed by atoms with E-state index in [0.717, 1.165) is 5.56 Å². The molecule has 1 aromatic rings. The molecular formula is C17H22ClNO4. The largest absolute Gasteiger partial charge is 0.481 e. The maximum Gasteiger partial charge on any atom is 0.308 e. The monoisotopic (exact) mass is 339 g/mol. The van der Waals surface area contributed by atoms with E-state index in [1.807, 2.05) is 6.92 Å². The third kappa shape index (κ3) is 3.96. The minimum absolute atomic E-state index is 0.184. The highest BCUT2D eigenvalue weighted by Crippen LogP contribution is 2.26. The third-order valence-corrected chi connectivity index (χ3v) is 4.80. The molecule has 1 unspecified atom stereocenters. The third-order valence-electron chi connectivity index (χ3n) is 4.38. The number of likely N-dealkylation sites (tertiary alicyclic amines) is 1. The molecule has 0 aliphatic carbocycles. The maximum absolute atomic E-state index is 12.6. The van der Waals surface area contributed by atoms with Crippen molar-refractivity contribution in [2.75, 3.05) is 6.54 Å². The molecule has 6 heteroatoms. The van der Waals surface area contributed by atoms with E-state index in [1.165, 1.54) is 0 Å². The first-order valence-electron chi connectivity index (χ1n) is 7.77. The lowest BCUT2D eigenvalue weighted by Crippen LogP contribution is -2.52. The number of carboxylic acids is 1. The lowest BCUT2D eigenvalue weighted by atomic mass is 9.90. The van der Waals surface area contributed by atoms with Gasteiger partial charge in [-0.1, -0.05) is 11.6 Å². The molecule has 0 radical (unpaired) electrons. The van der Waals surface area contributed by atoms with Gasteiger partial charge >= 0.3 is 5.97 Å². The number of rotatable bonds is 4. The number of nitrogens with zero attached hydrogens (tertiary/aromatic N) is 1. The van der Waals surface area contributed by atoms with Gasteiger partial charge in [-0.15, -0.1) is 0 Å². The Morgan fingerprint density at radius 2 is 2.13 bits per heavy atom. The summed E-state index contributed by atoms with van der Waals surface area (Å²) in [4.78, 5) is 25.5. The van der Waals surface area contributed by atoms with Crippen molar-refractivity contribution in [3.8, 4) is 5.75 Å². The summed E-state index contributed by atoms with van der Waals surface area (Å²) < 4.78 is 5.71. The number of carboxylic acid groups (broad SMARTS) is 1. The lowest BCUT2D eigenvalue weighted by Gasteiger charge is -2.38. The molecule has 1 amide bonds. The van der Waals surface area contributed by atoms with E-state index in [4.69, 9.17) is 16.3 Å². The highest BCUT2D eigenvalue weighted by Gasteiger charge is 2.37. The molecule has 1 aliphatic rings. The molecule has 1 aliphatic heterocycles. The van der Waals surface area contributed by atoms with Crippen LogP contribution in [0.5, 0.6) is 5.75 Å². The van der Waals surface area contributed by atoms with Crippen LogP contribution < -0.4 is 4.74 Å². The Hall–Kier alpha value is -1.75. The molecule has 126 valence electrons. The number of piperidine rings is 1. The molecule has 1 fully saturated rings. The highest BCUT2D eigenvalue weighted by molar-refractivity contribution is 6.31. The van der Waals surface area contributed by atoms with Crippen LogP contribution in [0.3, 0.4) is 0 Å². The van der Waals surface area contributed by atoms with Crippen LogP contribution >= 0.6 is 11.6 Å². The molecule has 1 aromatic carbocycles. The second-order valence-electron chi connectivity index (χ2n) is 6.03. The molecule has 23 heavy (non-hydrogen) atoms. The molecule has 0 bridgehead atoms. The van der Waals surface area contributed by atoms with Crippen molar-refractivity contribution in [2.45, 2.75) is 45.8 Å². The van der Waals surface area contributed by atoms with Gasteiger partial charge in [0.05, 0.1) is 5.92 Å². The number of halogens is 1. The zero-order valence-corrected chi connectivity index (χ0v) is 14.3. The molecule has 5 nitrogen and oxygen atoms in total. The van der Waals surface area contributed by atoms with Crippen molar-refractivity contribution in [3.05, 3.63) is 28.8 Å². The van der Waals surface area contributed by atoms with Crippen molar-refractivity contribution in [2.24, 2.45) is 5.92 Å². The average Bonchev–Trinajstić information content (AvgIpc) is 2.50. The van der Waals surface area contributed by atoms with Crippen LogP contribution in [0, 0.1) is 12.8 Å². The van der Waals surface area contributed by atoms with Gasteiger partial charge in [0.25, 0.3) is 5.91 Å². The van der Waals surface area contributed by atoms with Crippen molar-refractivity contribution in [1.29, 1.82) is 0 Å². The smallest absolute Gasteiger partial charge is 0.308 e. The van der Waals surface area contributed by atoms with Gasteiger partial charge in [0, 0.05) is 17.6 Å². The maximum atomic E-state index is 12.6. The molecule has 2 rings (SSSR count). The van der Waals surface area contributed by atoms with Gasteiger partial charge in [0.1, 0.15) is 5.75 Å². The van der Waals surface area contributed by atoms with Crippen molar-refractivity contribution in [1.82, 2.24) is 4.90 Å². The van der Waals surface area contributed by atoms with E-state index in [9.17, 15) is 14.7 Å². The van der Waals surface area contributed by atoms with Gasteiger partial charge in [0.15, 0.2) is 6.10 Å². The van der Waals surface area contributed by atoms with Gasteiger partial charge in [-0.3, -0.25) is 9.59 Å². The van der Waals surface area contributed by atoms with E-state index in [2.05, 4.69) is 0 Å². The summed E-state index contributed by atoms with van der Waals surface area (Å²) in [5.41, 5.74) is 0.876. The van der Waals surface area contributed by atoms with Gasteiger partial charge in [-0.05, 0) is 57.4 Å². The summed E-state index contributed by atoms with van der Waals surface area (Å²) in [7, 11) is 0. The van der Waals surface area contributed by atoms with E-state index in [-0.39, 0.29) is 11.9 Å². The number of hydrogen-bond donors (Lipinski definition) is 1. The summed E-state index contributed by atoms with van der Waals surface area (Å²) in [6, 6.07) is 4.91. The van der Waals surface area contributed by atoms with Crippen LogP contribution in [0.2, 0.25) is 5.02 Å². The summed E-state index contributed by atoms with van der Waals surface area (Å²) in [5.74, 6) is -0.974. The van der Waals surface area contributed by atoms with Crippen LogP contribution in [0.15, 0.2) is 18.2 Å². The first-order valence-corrected chi connectivity index (χ1v) is 8.15. The summed E-state index contributed by atoms with van der Waals surface area (Å²) in [5, 5.41) is 9.90. The van der Waals surface area contributed by atoms with E-state index in [1.54, 1.807) is 36.9 Å². The fraction of sp³-hybridized carbons (Fsp3) is 0.529. The van der Waals surface area contributed by atoms with Gasteiger partial charge in [-0.2, -0.15) is 0 Å². The highest BCUT2D eigenvalue weighted by atomic mass is 35.5. The van der Waals surface area contributed by atoms with Crippen molar-refractivity contribution >= 4 is 23.5 Å². The number of ether oxygens (including phenoxy) is 1. The van der Waals surface area contributed by atoms with Crippen LogP contribution in [0.25, 0.3) is 0 Å². The van der Waals surface area contributed by atoms with Gasteiger partial charge < -0.3 is 14.7 Å². The Balaban J connectivity index is 2.06. The Morgan fingerprint density at radius 1 is 1.43 bits per heavy atom. The van der Waals surface area contributed by atoms with E-state index < -0.39 is 18.0 Å². The lowest BCUT2D eigenvalue weighted by molar-refractivity contribution is -0.151. The topological polar surface area (TPSA) is 66.8 Å². The molecule has 0 aromatic heterocycles. The molecule has 1 heterocycles. The molecule has 1 N–H and O–H groups in total. The van der Waals surface area contributed by atoms with Crippen molar-refractivity contribution < 1.29 is 19.4 Å². The zero-order valence-electron chi connectivity index (χ0n) is 13.6. The fourth-order valence-electron chi connectivity index (χ4n) is 2.96. The van der Waals surface area contributed by atoms with Gasteiger partial charge in [-0.25, -0.2) is 0 Å². The standard InChI is InChI=1S/C17H22ClNO4/c1-10-9-13(6-7-15(10)18)23-12(3)16(20)19-8-4-5-14(11(19)2)17(21)22/h6-7,9,11-12,14H,4-5,8H2,1-3H3,(H,21,22)/t11-,12?,14-/m0/s1. The van der Waals surface area contributed by atoms with Crippen LogP contribution in [-0.4, -0.2) is 40.6 Å². The average molecular weight is 340 g/mol. The van der Waals surface area contributed by atoms with Crippen LogP contribution in [-0.2, 0) is 9.59 Å². The van der Waals surface area contributed by atoms with Crippen molar-refractivity contribution in [3.63, 3.8) is 0 Å². The normalized spacial score (nSPS) is 22.5. The number of amides is 1. The minimum atomic E-state index is -0.850. The molecule has 0 saturated carbocycles. The Labute approximate surface area is 141 Å². The number of carbonyl (C=O) groups is 2. The number of benzene rings is 1. The summed E-state index contributed by atoms with van der Waals surface area (Å²) >= 11 is 5.98. The minimum Gasteiger partial charge on any atom is -0.481 e. The first-order chi connectivity index (χ1) is 10.8. The SMILES string of the molecule is Cc1cc(OC(C)C(=O)N2CCC[C@H](C(=O)O)[C@@H]2C)ccc1Cl. The number of hydrogen-bond acceptors (Lipinski definition) is 3. The van der Waals surface area contributed by atoms with Gasteiger partial charge in [0.2, 0.25) is 0 Å². The first kappa shape index (κ1) is 17.6. The Bertz CT molecular complexity index is 604. The predicted molar refractivity (Wildman–Crippen MR) is 87.8 cm³/mol. The van der Waals surface area contributed by atoms with Crippen LogP contribution in [0.4, 0.5) is 0 Å². The van der Waals surface area contributed by atoms with E-state index >= 15 is 0 Å². The molecule has 3 atom stereocenters.